The summed E-state index contributed by atoms with van der Waals surface area (Å²) in [6.07, 6.45) is 3.24. The van der Waals surface area contributed by atoms with Crippen molar-refractivity contribution < 1.29 is 9.53 Å². The van der Waals surface area contributed by atoms with Crippen molar-refractivity contribution in [3.8, 4) is 5.75 Å². The van der Waals surface area contributed by atoms with Gasteiger partial charge in [0, 0.05) is 17.6 Å². The van der Waals surface area contributed by atoms with Crippen LogP contribution in [0.1, 0.15) is 56.2 Å². The Morgan fingerprint density at radius 3 is 2.57 bits per heavy atom. The number of nitrogens with zero attached hydrogens (tertiary/aromatic N) is 2. The van der Waals surface area contributed by atoms with Crippen LogP contribution in [0.25, 0.3) is 0 Å². The van der Waals surface area contributed by atoms with Crippen molar-refractivity contribution in [1.82, 2.24) is 9.88 Å². The number of ether oxygens (including phenoxy) is 1. The number of halogens is 3. The van der Waals surface area contributed by atoms with E-state index >= 15 is 0 Å². The number of pyridine rings is 1. The third kappa shape index (κ3) is 4.42. The molecule has 0 radical (unpaired) electrons. The molecule has 1 saturated carbocycles. The van der Waals surface area contributed by atoms with Gasteiger partial charge < -0.3 is 9.64 Å². The molecule has 4 nitrogen and oxygen atoms in total. The van der Waals surface area contributed by atoms with E-state index in [9.17, 15) is 4.79 Å². The molecule has 160 valence electrons. The first-order chi connectivity index (χ1) is 14.1. The zero-order valence-corrected chi connectivity index (χ0v) is 19.6. The van der Waals surface area contributed by atoms with Gasteiger partial charge in [-0.3, -0.25) is 4.79 Å². The Bertz CT molecular complexity index is 971. The Morgan fingerprint density at radius 2 is 1.87 bits per heavy atom. The quantitative estimate of drug-likeness (QED) is 0.505. The van der Waals surface area contributed by atoms with Crippen LogP contribution in [-0.2, 0) is 6.61 Å². The van der Waals surface area contributed by atoms with Crippen LogP contribution in [0.5, 0.6) is 5.75 Å². The Kier molecular flexibility index (Phi) is 5.71. The van der Waals surface area contributed by atoms with Crippen LogP contribution in [0.4, 0.5) is 0 Å². The smallest absolute Gasteiger partial charge is 0.272 e. The van der Waals surface area contributed by atoms with Crippen LogP contribution in [0.3, 0.4) is 0 Å². The number of fused-ring (bicyclic) bond motifs is 2. The standard InChI is InChI=1S/C23H25Cl3N2O2/c1-22(2)9-16-10-23(3,12-22)13-28(16)21(29)19-6-4-5-15(27-19)11-30-20-17(25)7-14(24)8-18(20)26/h4-8,16H,9-13H2,1-3H3/t16-,23-/m1/s1. The number of rotatable bonds is 4. The largest absolute Gasteiger partial charge is 0.484 e. The van der Waals surface area contributed by atoms with Gasteiger partial charge in [0.15, 0.2) is 5.75 Å². The van der Waals surface area contributed by atoms with Gasteiger partial charge in [0.1, 0.15) is 12.3 Å². The molecular formula is C23H25Cl3N2O2. The minimum atomic E-state index is -0.00849. The molecule has 1 amide bonds. The van der Waals surface area contributed by atoms with Crippen molar-refractivity contribution in [2.45, 2.75) is 52.7 Å². The van der Waals surface area contributed by atoms with Gasteiger partial charge in [-0.05, 0) is 54.4 Å². The summed E-state index contributed by atoms with van der Waals surface area (Å²) >= 11 is 18.3. The third-order valence-corrected chi connectivity index (χ3v) is 6.81. The van der Waals surface area contributed by atoms with Gasteiger partial charge >= 0.3 is 0 Å². The maximum Gasteiger partial charge on any atom is 0.272 e. The van der Waals surface area contributed by atoms with E-state index < -0.39 is 0 Å². The molecule has 7 heteroatoms. The lowest BCUT2D eigenvalue weighted by atomic mass is 9.65. The first kappa shape index (κ1) is 21.7. The van der Waals surface area contributed by atoms with Crippen LogP contribution in [0, 0.1) is 10.8 Å². The van der Waals surface area contributed by atoms with Crippen molar-refractivity contribution in [1.29, 1.82) is 0 Å². The molecule has 1 aromatic heterocycles. The van der Waals surface area contributed by atoms with E-state index in [0.29, 0.717) is 32.2 Å². The van der Waals surface area contributed by atoms with Crippen LogP contribution in [0.15, 0.2) is 30.3 Å². The summed E-state index contributed by atoms with van der Waals surface area (Å²) in [5.74, 6) is 0.343. The Labute approximate surface area is 192 Å². The molecule has 0 N–H and O–H groups in total. The lowest BCUT2D eigenvalue weighted by Crippen LogP contribution is -2.38. The lowest BCUT2D eigenvalue weighted by Gasteiger charge is -2.39. The first-order valence-electron chi connectivity index (χ1n) is 10.1. The van der Waals surface area contributed by atoms with Crippen LogP contribution in [0.2, 0.25) is 15.1 Å². The number of likely N-dealkylation sites (tertiary alicyclic amines) is 1. The van der Waals surface area contributed by atoms with Gasteiger partial charge in [-0.2, -0.15) is 0 Å². The third-order valence-electron chi connectivity index (χ3n) is 6.03. The van der Waals surface area contributed by atoms with E-state index in [1.165, 1.54) is 0 Å². The molecule has 1 saturated heterocycles. The molecule has 0 spiro atoms. The number of benzene rings is 1. The van der Waals surface area contributed by atoms with Gasteiger partial charge in [-0.25, -0.2) is 4.98 Å². The summed E-state index contributed by atoms with van der Waals surface area (Å²) in [6.45, 7) is 7.84. The predicted molar refractivity (Wildman–Crippen MR) is 121 cm³/mol. The number of hydrogen-bond donors (Lipinski definition) is 0. The van der Waals surface area contributed by atoms with E-state index in [4.69, 9.17) is 39.5 Å². The minimum absolute atomic E-state index is 0.00849. The normalized spacial score (nSPS) is 24.7. The van der Waals surface area contributed by atoms with Crippen molar-refractivity contribution in [3.63, 3.8) is 0 Å². The Morgan fingerprint density at radius 1 is 1.17 bits per heavy atom. The molecule has 4 rings (SSSR count). The fraction of sp³-hybridized carbons (Fsp3) is 0.478. The molecule has 2 heterocycles. The van der Waals surface area contributed by atoms with Crippen molar-refractivity contribution in [2.24, 2.45) is 10.8 Å². The molecule has 2 aliphatic rings. The number of aromatic nitrogens is 1. The highest BCUT2D eigenvalue weighted by Gasteiger charge is 2.51. The highest BCUT2D eigenvalue weighted by Crippen LogP contribution is 2.52. The molecule has 2 aromatic rings. The van der Waals surface area contributed by atoms with Crippen molar-refractivity contribution >= 4 is 40.7 Å². The summed E-state index contributed by atoms with van der Waals surface area (Å²) in [5.41, 5.74) is 1.52. The molecule has 1 aliphatic heterocycles. The van der Waals surface area contributed by atoms with Gasteiger partial charge in [0.05, 0.1) is 15.7 Å². The van der Waals surface area contributed by atoms with Crippen molar-refractivity contribution in [3.05, 3.63) is 56.8 Å². The summed E-state index contributed by atoms with van der Waals surface area (Å²) in [6, 6.07) is 8.85. The molecular weight excluding hydrogens is 443 g/mol. The maximum absolute atomic E-state index is 13.3. The van der Waals surface area contributed by atoms with E-state index in [-0.39, 0.29) is 29.4 Å². The van der Waals surface area contributed by atoms with Crippen LogP contribution >= 0.6 is 34.8 Å². The summed E-state index contributed by atoms with van der Waals surface area (Å²) in [4.78, 5) is 19.9. The second-order valence-corrected chi connectivity index (χ2v) is 10.9. The fourth-order valence-corrected chi connectivity index (χ4v) is 6.26. The zero-order valence-electron chi connectivity index (χ0n) is 17.3. The first-order valence-corrected chi connectivity index (χ1v) is 11.2. The minimum Gasteiger partial charge on any atom is -0.484 e. The second kappa shape index (κ2) is 7.89. The number of amides is 1. The number of hydrogen-bond acceptors (Lipinski definition) is 3. The van der Waals surface area contributed by atoms with E-state index in [1.807, 2.05) is 17.0 Å². The molecule has 2 bridgehead atoms. The summed E-state index contributed by atoms with van der Waals surface area (Å²) in [5, 5.41) is 1.11. The fourth-order valence-electron chi connectivity index (χ4n) is 5.34. The Hall–Kier alpha value is -1.49. The maximum atomic E-state index is 13.3. The predicted octanol–water partition coefficient (Wildman–Crippen LogP) is 6.66. The monoisotopic (exact) mass is 466 g/mol. The zero-order chi connectivity index (χ0) is 21.7. The van der Waals surface area contributed by atoms with Crippen LogP contribution in [-0.4, -0.2) is 28.4 Å². The van der Waals surface area contributed by atoms with E-state index in [0.717, 1.165) is 25.8 Å². The molecule has 0 unspecified atom stereocenters. The molecule has 2 atom stereocenters. The molecule has 1 aromatic carbocycles. The number of carbonyl (C=O) groups excluding carboxylic acids is 1. The van der Waals surface area contributed by atoms with E-state index in [2.05, 4.69) is 25.8 Å². The summed E-state index contributed by atoms with van der Waals surface area (Å²) in [7, 11) is 0. The topological polar surface area (TPSA) is 42.4 Å². The highest BCUT2D eigenvalue weighted by atomic mass is 35.5. The van der Waals surface area contributed by atoms with Crippen LogP contribution < -0.4 is 4.74 Å². The van der Waals surface area contributed by atoms with Gasteiger partial charge in [-0.1, -0.05) is 61.6 Å². The lowest BCUT2D eigenvalue weighted by molar-refractivity contribution is 0.0702. The van der Waals surface area contributed by atoms with Crippen molar-refractivity contribution in [2.75, 3.05) is 6.54 Å². The molecule has 1 aliphatic carbocycles. The van der Waals surface area contributed by atoms with Gasteiger partial charge in [0.2, 0.25) is 0 Å². The summed E-state index contributed by atoms with van der Waals surface area (Å²) < 4.78 is 5.77. The van der Waals surface area contributed by atoms with Gasteiger partial charge in [-0.15, -0.1) is 0 Å². The SMILES string of the molecule is CC1(C)C[C@@H]2C[C@@](C)(CN2C(=O)c2cccc(COc3c(Cl)cc(Cl)cc3Cl)n2)C1. The molecule has 30 heavy (non-hydrogen) atoms. The number of carbonyl (C=O) groups is 1. The van der Waals surface area contributed by atoms with E-state index in [1.54, 1.807) is 18.2 Å². The second-order valence-electron chi connectivity index (χ2n) is 9.65. The average molecular weight is 468 g/mol. The molecule has 2 fully saturated rings. The Balaban J connectivity index is 1.50. The van der Waals surface area contributed by atoms with Gasteiger partial charge in [0.25, 0.3) is 5.91 Å². The highest BCUT2D eigenvalue weighted by molar-refractivity contribution is 6.40. The average Bonchev–Trinajstić information content (AvgIpc) is 2.89.